The molecule has 3 aromatic rings. The summed E-state index contributed by atoms with van der Waals surface area (Å²) in [7, 11) is 0. The zero-order valence-electron chi connectivity index (χ0n) is 16.4. The Hall–Kier alpha value is -3.92. The highest BCUT2D eigenvalue weighted by Crippen LogP contribution is 2.18. The molecular weight excluding hydrogens is 364 g/mol. The maximum absolute atomic E-state index is 12.6. The number of amides is 1. The summed E-state index contributed by atoms with van der Waals surface area (Å²) >= 11 is 0. The number of nitrogens with one attached hydrogen (secondary N) is 2. The van der Waals surface area contributed by atoms with Crippen LogP contribution in [0.1, 0.15) is 29.9 Å². The molecule has 7 heteroatoms. The average Bonchev–Trinajstić information content (AvgIpc) is 2.76. The smallest absolute Gasteiger partial charge is 0.274 e. The molecule has 2 aromatic carbocycles. The fourth-order valence-corrected chi connectivity index (χ4v) is 2.84. The molecule has 0 radical (unpaired) electrons. The van der Waals surface area contributed by atoms with Crippen LogP contribution in [-0.4, -0.2) is 29.0 Å². The van der Waals surface area contributed by atoms with Crippen LogP contribution in [0, 0.1) is 11.3 Å². The largest absolute Gasteiger partial charge is 0.372 e. The van der Waals surface area contributed by atoms with Gasteiger partial charge in [-0.25, -0.2) is 9.97 Å². The number of carbonyl (C=O) groups is 1. The van der Waals surface area contributed by atoms with Gasteiger partial charge < -0.3 is 15.5 Å². The molecule has 1 heterocycles. The highest BCUT2D eigenvalue weighted by atomic mass is 16.1. The lowest BCUT2D eigenvalue weighted by atomic mass is 10.2. The molecular formula is C22H22N6O. The summed E-state index contributed by atoms with van der Waals surface area (Å²) in [5, 5.41) is 14.7. The van der Waals surface area contributed by atoms with Crippen molar-refractivity contribution in [3.63, 3.8) is 0 Å². The Morgan fingerprint density at radius 2 is 1.66 bits per heavy atom. The van der Waals surface area contributed by atoms with E-state index in [9.17, 15) is 4.79 Å². The lowest BCUT2D eigenvalue weighted by Gasteiger charge is -2.21. The van der Waals surface area contributed by atoms with Crippen molar-refractivity contribution < 1.29 is 4.79 Å². The van der Waals surface area contributed by atoms with Gasteiger partial charge in [-0.15, -0.1) is 0 Å². The minimum atomic E-state index is -0.314. The van der Waals surface area contributed by atoms with Gasteiger partial charge in [-0.1, -0.05) is 0 Å². The highest BCUT2D eigenvalue weighted by molar-refractivity contribution is 6.03. The van der Waals surface area contributed by atoms with Gasteiger partial charge in [0.25, 0.3) is 5.91 Å². The van der Waals surface area contributed by atoms with Gasteiger partial charge in [0.2, 0.25) is 5.95 Å². The molecule has 0 saturated heterocycles. The van der Waals surface area contributed by atoms with Crippen LogP contribution in [0.25, 0.3) is 0 Å². The summed E-state index contributed by atoms with van der Waals surface area (Å²) in [6.07, 6.45) is 1.53. The van der Waals surface area contributed by atoms with Crippen molar-refractivity contribution in [1.82, 2.24) is 9.97 Å². The van der Waals surface area contributed by atoms with Crippen LogP contribution in [0.4, 0.5) is 23.0 Å². The van der Waals surface area contributed by atoms with Gasteiger partial charge >= 0.3 is 0 Å². The van der Waals surface area contributed by atoms with E-state index in [1.165, 1.54) is 6.20 Å². The zero-order valence-corrected chi connectivity index (χ0v) is 16.4. The maximum Gasteiger partial charge on any atom is 0.274 e. The Morgan fingerprint density at radius 1 is 1.00 bits per heavy atom. The van der Waals surface area contributed by atoms with Crippen molar-refractivity contribution >= 4 is 28.9 Å². The normalized spacial score (nSPS) is 10.1. The fourth-order valence-electron chi connectivity index (χ4n) is 2.84. The first-order valence-corrected chi connectivity index (χ1v) is 9.39. The van der Waals surface area contributed by atoms with E-state index in [1.54, 1.807) is 30.3 Å². The third-order valence-electron chi connectivity index (χ3n) is 4.41. The molecule has 0 aliphatic heterocycles. The first kappa shape index (κ1) is 19.8. The van der Waals surface area contributed by atoms with E-state index in [0.717, 1.165) is 24.5 Å². The van der Waals surface area contributed by atoms with Crippen LogP contribution in [0.5, 0.6) is 0 Å². The van der Waals surface area contributed by atoms with E-state index < -0.39 is 0 Å². The van der Waals surface area contributed by atoms with E-state index in [0.29, 0.717) is 17.2 Å². The summed E-state index contributed by atoms with van der Waals surface area (Å²) in [6, 6.07) is 18.3. The molecule has 1 aromatic heterocycles. The topological polar surface area (TPSA) is 93.9 Å². The molecule has 0 bridgehead atoms. The lowest BCUT2D eigenvalue weighted by Crippen LogP contribution is -2.21. The number of nitrogens with zero attached hydrogens (tertiary/aromatic N) is 4. The van der Waals surface area contributed by atoms with Crippen LogP contribution in [0.3, 0.4) is 0 Å². The second kappa shape index (κ2) is 9.33. The number of nitriles is 1. The highest BCUT2D eigenvalue weighted by Gasteiger charge is 2.10. The van der Waals surface area contributed by atoms with E-state index in [4.69, 9.17) is 5.26 Å². The number of anilines is 4. The molecule has 0 unspecified atom stereocenters. The van der Waals surface area contributed by atoms with Crippen LogP contribution in [0.2, 0.25) is 0 Å². The quantitative estimate of drug-likeness (QED) is 0.632. The Labute approximate surface area is 170 Å². The predicted octanol–water partition coefficient (Wildman–Crippen LogP) is 4.19. The van der Waals surface area contributed by atoms with Crippen molar-refractivity contribution in [2.45, 2.75) is 13.8 Å². The van der Waals surface area contributed by atoms with Crippen molar-refractivity contribution in [2.75, 3.05) is 28.6 Å². The Bertz CT molecular complexity index is 1000. The van der Waals surface area contributed by atoms with Crippen LogP contribution >= 0.6 is 0 Å². The van der Waals surface area contributed by atoms with Gasteiger partial charge in [0.1, 0.15) is 5.69 Å². The van der Waals surface area contributed by atoms with Crippen molar-refractivity contribution in [2.24, 2.45) is 0 Å². The van der Waals surface area contributed by atoms with E-state index >= 15 is 0 Å². The number of rotatable bonds is 7. The molecule has 3 rings (SSSR count). The molecule has 0 saturated carbocycles. The molecule has 29 heavy (non-hydrogen) atoms. The van der Waals surface area contributed by atoms with Gasteiger partial charge in [-0.05, 0) is 68.4 Å². The van der Waals surface area contributed by atoms with E-state index in [2.05, 4.69) is 45.4 Å². The van der Waals surface area contributed by atoms with E-state index in [-0.39, 0.29) is 11.6 Å². The molecule has 0 aliphatic rings. The Kier molecular flexibility index (Phi) is 6.38. The molecule has 0 spiro atoms. The van der Waals surface area contributed by atoms with Gasteiger partial charge in [-0.3, -0.25) is 4.79 Å². The second-order valence-corrected chi connectivity index (χ2v) is 6.25. The third-order valence-corrected chi connectivity index (χ3v) is 4.41. The van der Waals surface area contributed by atoms with Gasteiger partial charge in [0, 0.05) is 36.3 Å². The molecule has 2 N–H and O–H groups in total. The summed E-state index contributed by atoms with van der Waals surface area (Å²) < 4.78 is 0. The summed E-state index contributed by atoms with van der Waals surface area (Å²) in [5.41, 5.74) is 3.36. The first-order chi connectivity index (χ1) is 14.1. The number of aromatic nitrogens is 2. The van der Waals surface area contributed by atoms with Gasteiger partial charge in [-0.2, -0.15) is 5.26 Å². The molecule has 7 nitrogen and oxygen atoms in total. The molecule has 0 fully saturated rings. The van der Waals surface area contributed by atoms with Gasteiger partial charge in [0.05, 0.1) is 11.6 Å². The monoisotopic (exact) mass is 386 g/mol. The Balaban J connectivity index is 1.68. The van der Waals surface area contributed by atoms with Crippen molar-refractivity contribution in [3.8, 4) is 6.07 Å². The summed E-state index contributed by atoms with van der Waals surface area (Å²) in [6.45, 7) is 6.08. The Morgan fingerprint density at radius 3 is 2.28 bits per heavy atom. The number of hydrogen-bond acceptors (Lipinski definition) is 6. The van der Waals surface area contributed by atoms with Crippen LogP contribution < -0.4 is 15.5 Å². The lowest BCUT2D eigenvalue weighted by molar-refractivity contribution is 0.102. The maximum atomic E-state index is 12.6. The summed E-state index contributed by atoms with van der Waals surface area (Å²) in [5.74, 6) is -0.00916. The number of hydrogen-bond donors (Lipinski definition) is 2. The van der Waals surface area contributed by atoms with Crippen LogP contribution in [-0.2, 0) is 0 Å². The third kappa shape index (κ3) is 5.08. The zero-order chi connectivity index (χ0) is 20.6. The van der Waals surface area contributed by atoms with Crippen molar-refractivity contribution in [1.29, 1.82) is 5.26 Å². The second-order valence-electron chi connectivity index (χ2n) is 6.25. The molecule has 0 atom stereocenters. The number of benzene rings is 2. The molecule has 1 amide bonds. The van der Waals surface area contributed by atoms with Crippen LogP contribution in [0.15, 0.2) is 60.8 Å². The minimum absolute atomic E-state index is 0.254. The SMILES string of the molecule is CCN(CC)c1ccc(NC(=O)c2ccnc(Nc3ccc(C#N)cc3)n2)cc1. The standard InChI is InChI=1S/C22H22N6O/c1-3-28(4-2)19-11-9-17(10-12-19)25-21(29)20-13-14-24-22(27-20)26-18-7-5-16(15-23)6-8-18/h5-14H,3-4H2,1-2H3,(H,25,29)(H,24,26,27). The van der Waals surface area contributed by atoms with Gasteiger partial charge in [0.15, 0.2) is 0 Å². The van der Waals surface area contributed by atoms with Crippen molar-refractivity contribution in [3.05, 3.63) is 72.1 Å². The number of carbonyl (C=O) groups excluding carboxylic acids is 1. The summed E-state index contributed by atoms with van der Waals surface area (Å²) in [4.78, 5) is 23.2. The molecule has 146 valence electrons. The predicted molar refractivity (Wildman–Crippen MR) is 114 cm³/mol. The molecule has 0 aliphatic carbocycles. The first-order valence-electron chi connectivity index (χ1n) is 9.39. The average molecular weight is 386 g/mol. The fraction of sp³-hybridized carbons (Fsp3) is 0.182. The van der Waals surface area contributed by atoms with E-state index in [1.807, 2.05) is 24.3 Å². The minimum Gasteiger partial charge on any atom is -0.372 e.